The van der Waals surface area contributed by atoms with Crippen LogP contribution in [0.3, 0.4) is 0 Å². The molecule has 1 aliphatic rings. The SMILES string of the molecule is Oc1cccc(Cc2nc3cc(Cl)ccc3n2C2CC2)c1. The quantitative estimate of drug-likeness (QED) is 0.782. The van der Waals surface area contributed by atoms with Crippen molar-refractivity contribution in [3.05, 3.63) is 58.9 Å². The second kappa shape index (κ2) is 4.78. The summed E-state index contributed by atoms with van der Waals surface area (Å²) >= 11 is 6.07. The summed E-state index contributed by atoms with van der Waals surface area (Å²) in [4.78, 5) is 4.76. The maximum Gasteiger partial charge on any atom is 0.115 e. The first-order valence-electron chi connectivity index (χ1n) is 7.15. The number of benzene rings is 2. The van der Waals surface area contributed by atoms with E-state index in [1.54, 1.807) is 12.1 Å². The van der Waals surface area contributed by atoms with Gasteiger partial charge >= 0.3 is 0 Å². The highest BCUT2D eigenvalue weighted by Gasteiger charge is 2.28. The summed E-state index contributed by atoms with van der Waals surface area (Å²) in [6.45, 7) is 0. The minimum atomic E-state index is 0.296. The number of rotatable bonds is 3. The van der Waals surface area contributed by atoms with Crippen LogP contribution in [-0.2, 0) is 6.42 Å². The molecule has 0 aliphatic heterocycles. The van der Waals surface area contributed by atoms with Crippen LogP contribution >= 0.6 is 11.6 Å². The van der Waals surface area contributed by atoms with Gasteiger partial charge in [-0.3, -0.25) is 0 Å². The summed E-state index contributed by atoms with van der Waals surface area (Å²) in [5.41, 5.74) is 3.17. The fourth-order valence-electron chi connectivity index (χ4n) is 2.84. The number of phenolic OH excluding ortho intramolecular Hbond substituents is 1. The van der Waals surface area contributed by atoms with E-state index >= 15 is 0 Å². The van der Waals surface area contributed by atoms with Gasteiger partial charge in [-0.25, -0.2) is 4.98 Å². The van der Waals surface area contributed by atoms with Crippen molar-refractivity contribution >= 4 is 22.6 Å². The molecule has 3 aromatic rings. The molecule has 0 unspecified atom stereocenters. The first-order chi connectivity index (χ1) is 10.2. The summed E-state index contributed by atoms with van der Waals surface area (Å²) in [7, 11) is 0. The Hall–Kier alpha value is -2.00. The zero-order valence-electron chi connectivity index (χ0n) is 11.5. The van der Waals surface area contributed by atoms with E-state index < -0.39 is 0 Å². The van der Waals surface area contributed by atoms with Gasteiger partial charge in [-0.1, -0.05) is 23.7 Å². The van der Waals surface area contributed by atoms with Crippen LogP contribution in [-0.4, -0.2) is 14.7 Å². The first-order valence-corrected chi connectivity index (χ1v) is 7.53. The Morgan fingerprint density at radius 1 is 1.19 bits per heavy atom. The van der Waals surface area contributed by atoms with Gasteiger partial charge in [-0.2, -0.15) is 0 Å². The average molecular weight is 299 g/mol. The Balaban J connectivity index is 1.82. The molecule has 0 saturated heterocycles. The highest BCUT2D eigenvalue weighted by atomic mass is 35.5. The van der Waals surface area contributed by atoms with Crippen molar-refractivity contribution in [2.45, 2.75) is 25.3 Å². The number of imidazole rings is 1. The Morgan fingerprint density at radius 2 is 2.05 bits per heavy atom. The smallest absolute Gasteiger partial charge is 0.115 e. The molecule has 1 N–H and O–H groups in total. The van der Waals surface area contributed by atoms with Gasteiger partial charge in [0.15, 0.2) is 0 Å². The van der Waals surface area contributed by atoms with E-state index in [9.17, 15) is 5.11 Å². The predicted molar refractivity (Wildman–Crippen MR) is 83.9 cm³/mol. The molecule has 1 fully saturated rings. The topological polar surface area (TPSA) is 38.1 Å². The fraction of sp³-hybridized carbons (Fsp3) is 0.235. The second-order valence-electron chi connectivity index (χ2n) is 5.61. The van der Waals surface area contributed by atoms with E-state index in [1.807, 2.05) is 24.3 Å². The van der Waals surface area contributed by atoms with Crippen LogP contribution in [0, 0.1) is 0 Å². The van der Waals surface area contributed by atoms with Gasteiger partial charge in [0.05, 0.1) is 11.0 Å². The first kappa shape index (κ1) is 12.7. The van der Waals surface area contributed by atoms with Crippen LogP contribution in [0.15, 0.2) is 42.5 Å². The van der Waals surface area contributed by atoms with Gasteiger partial charge in [0, 0.05) is 17.5 Å². The van der Waals surface area contributed by atoms with Crippen molar-refractivity contribution in [3.63, 3.8) is 0 Å². The number of phenols is 1. The van der Waals surface area contributed by atoms with Crippen LogP contribution in [0.1, 0.15) is 30.3 Å². The van der Waals surface area contributed by atoms with Gasteiger partial charge in [-0.05, 0) is 48.7 Å². The molecule has 0 amide bonds. The van der Waals surface area contributed by atoms with Crippen molar-refractivity contribution in [1.29, 1.82) is 0 Å². The maximum absolute atomic E-state index is 9.61. The highest BCUT2D eigenvalue weighted by molar-refractivity contribution is 6.31. The summed E-state index contributed by atoms with van der Waals surface area (Å²) in [6.07, 6.45) is 3.14. The molecule has 106 valence electrons. The Labute approximate surface area is 127 Å². The zero-order valence-corrected chi connectivity index (χ0v) is 12.2. The molecular formula is C17H15ClN2O. The van der Waals surface area contributed by atoms with Gasteiger partial charge in [0.2, 0.25) is 0 Å². The van der Waals surface area contributed by atoms with E-state index in [2.05, 4.69) is 10.6 Å². The number of halogens is 1. The third kappa shape index (κ3) is 2.38. The number of hydrogen-bond acceptors (Lipinski definition) is 2. The van der Waals surface area contributed by atoms with Crippen LogP contribution in [0.4, 0.5) is 0 Å². The normalized spacial score (nSPS) is 14.7. The molecule has 1 aromatic heterocycles. The lowest BCUT2D eigenvalue weighted by molar-refractivity contribution is 0.474. The van der Waals surface area contributed by atoms with Crippen LogP contribution in [0.2, 0.25) is 5.02 Å². The fourth-order valence-corrected chi connectivity index (χ4v) is 3.00. The Bertz CT molecular complexity index is 821. The van der Waals surface area contributed by atoms with E-state index in [1.165, 1.54) is 12.8 Å². The van der Waals surface area contributed by atoms with Crippen molar-refractivity contribution in [2.75, 3.05) is 0 Å². The standard InChI is InChI=1S/C17H15ClN2O/c18-12-4-7-16-15(10-12)19-17(20(16)13-5-6-13)9-11-2-1-3-14(21)8-11/h1-4,7-8,10,13,21H,5-6,9H2. The molecule has 1 saturated carbocycles. The largest absolute Gasteiger partial charge is 0.508 e. The molecule has 4 rings (SSSR count). The minimum Gasteiger partial charge on any atom is -0.508 e. The number of aromatic nitrogens is 2. The summed E-state index contributed by atoms with van der Waals surface area (Å²) < 4.78 is 2.33. The van der Waals surface area contributed by atoms with Crippen molar-refractivity contribution in [1.82, 2.24) is 9.55 Å². The van der Waals surface area contributed by atoms with Gasteiger partial charge < -0.3 is 9.67 Å². The zero-order chi connectivity index (χ0) is 14.4. The molecule has 21 heavy (non-hydrogen) atoms. The molecule has 3 nitrogen and oxygen atoms in total. The van der Waals surface area contributed by atoms with Crippen molar-refractivity contribution in [2.24, 2.45) is 0 Å². The van der Waals surface area contributed by atoms with Crippen molar-refractivity contribution < 1.29 is 5.11 Å². The molecule has 0 bridgehead atoms. The van der Waals surface area contributed by atoms with Gasteiger partial charge in [0.1, 0.15) is 11.6 Å². The summed E-state index contributed by atoms with van der Waals surface area (Å²) in [5, 5.41) is 10.3. The van der Waals surface area contributed by atoms with Crippen LogP contribution < -0.4 is 0 Å². The third-order valence-corrected chi connectivity index (χ3v) is 4.14. The summed E-state index contributed by atoms with van der Waals surface area (Å²) in [6, 6.07) is 13.8. The monoisotopic (exact) mass is 298 g/mol. The minimum absolute atomic E-state index is 0.296. The second-order valence-corrected chi connectivity index (χ2v) is 6.05. The molecule has 0 spiro atoms. The molecule has 1 aliphatic carbocycles. The predicted octanol–water partition coefficient (Wildman–Crippen LogP) is 4.32. The maximum atomic E-state index is 9.61. The molecule has 0 atom stereocenters. The average Bonchev–Trinajstić information content (AvgIpc) is 3.21. The number of fused-ring (bicyclic) bond motifs is 1. The number of nitrogens with zero attached hydrogens (tertiary/aromatic N) is 2. The van der Waals surface area contributed by atoms with E-state index in [0.717, 1.165) is 28.8 Å². The molecule has 2 aromatic carbocycles. The number of hydrogen-bond donors (Lipinski definition) is 1. The lowest BCUT2D eigenvalue weighted by Gasteiger charge is -2.08. The molecule has 0 radical (unpaired) electrons. The van der Waals surface area contributed by atoms with E-state index in [4.69, 9.17) is 16.6 Å². The van der Waals surface area contributed by atoms with Crippen LogP contribution in [0.5, 0.6) is 5.75 Å². The lowest BCUT2D eigenvalue weighted by Crippen LogP contribution is -2.02. The number of aromatic hydroxyl groups is 1. The molecule has 1 heterocycles. The Kier molecular flexibility index (Phi) is 2.89. The van der Waals surface area contributed by atoms with E-state index in [0.29, 0.717) is 16.8 Å². The van der Waals surface area contributed by atoms with Crippen LogP contribution in [0.25, 0.3) is 11.0 Å². The van der Waals surface area contributed by atoms with Gasteiger partial charge in [0.25, 0.3) is 0 Å². The van der Waals surface area contributed by atoms with Crippen molar-refractivity contribution in [3.8, 4) is 5.75 Å². The van der Waals surface area contributed by atoms with E-state index in [-0.39, 0.29) is 0 Å². The Morgan fingerprint density at radius 3 is 2.81 bits per heavy atom. The summed E-state index contributed by atoms with van der Waals surface area (Å²) in [5.74, 6) is 1.34. The third-order valence-electron chi connectivity index (χ3n) is 3.91. The highest BCUT2D eigenvalue weighted by Crippen LogP contribution is 2.39. The lowest BCUT2D eigenvalue weighted by atomic mass is 10.1. The van der Waals surface area contributed by atoms with Gasteiger partial charge in [-0.15, -0.1) is 0 Å². The molecular weight excluding hydrogens is 284 g/mol. The molecule has 4 heteroatoms.